The topological polar surface area (TPSA) is 77.3 Å². The van der Waals surface area contributed by atoms with E-state index in [0.717, 1.165) is 35.7 Å². The van der Waals surface area contributed by atoms with Gasteiger partial charge < -0.3 is 13.7 Å². The van der Waals surface area contributed by atoms with Crippen molar-refractivity contribution >= 4 is 5.91 Å². The summed E-state index contributed by atoms with van der Waals surface area (Å²) in [5.74, 6) is 1.49. The van der Waals surface area contributed by atoms with E-state index in [4.69, 9.17) is 8.83 Å². The summed E-state index contributed by atoms with van der Waals surface area (Å²) in [6.07, 6.45) is 3.95. The standard InChI is InChI=1S/C17H18N4O3/c1-3-21-13-6-7-20(17(22)14-5-4-8-23-14)10-12(13)15(19-21)16-18-9-11(2)24-16/h4-5,8-9H,3,6-7,10H2,1-2H3. The van der Waals surface area contributed by atoms with Crippen molar-refractivity contribution in [1.82, 2.24) is 19.7 Å². The van der Waals surface area contributed by atoms with Crippen LogP contribution in [0.3, 0.4) is 0 Å². The molecule has 1 aliphatic heterocycles. The second kappa shape index (κ2) is 5.67. The molecule has 0 fully saturated rings. The van der Waals surface area contributed by atoms with Gasteiger partial charge in [-0.3, -0.25) is 9.48 Å². The predicted molar refractivity (Wildman–Crippen MR) is 85.3 cm³/mol. The SMILES string of the molecule is CCn1nc(-c2ncc(C)o2)c2c1CCN(C(=O)c1ccco1)C2. The van der Waals surface area contributed by atoms with Gasteiger partial charge in [0.1, 0.15) is 5.76 Å². The number of furan rings is 1. The highest BCUT2D eigenvalue weighted by molar-refractivity contribution is 5.91. The Morgan fingerprint density at radius 1 is 1.42 bits per heavy atom. The maximum atomic E-state index is 12.6. The summed E-state index contributed by atoms with van der Waals surface area (Å²) >= 11 is 0. The fourth-order valence-electron chi connectivity index (χ4n) is 3.12. The number of hydrogen-bond acceptors (Lipinski definition) is 5. The molecule has 0 N–H and O–H groups in total. The van der Waals surface area contributed by atoms with Gasteiger partial charge in [0.15, 0.2) is 11.5 Å². The number of aryl methyl sites for hydroxylation is 2. The lowest BCUT2D eigenvalue weighted by molar-refractivity contribution is 0.0701. The van der Waals surface area contributed by atoms with Crippen LogP contribution in [0.4, 0.5) is 0 Å². The third kappa shape index (κ3) is 2.33. The highest BCUT2D eigenvalue weighted by atomic mass is 16.4. The minimum atomic E-state index is -0.107. The van der Waals surface area contributed by atoms with Crippen molar-refractivity contribution in [1.29, 1.82) is 0 Å². The highest BCUT2D eigenvalue weighted by Gasteiger charge is 2.30. The van der Waals surface area contributed by atoms with Crippen LogP contribution in [0, 0.1) is 6.92 Å². The van der Waals surface area contributed by atoms with Gasteiger partial charge in [-0.15, -0.1) is 0 Å². The first-order chi connectivity index (χ1) is 11.7. The molecule has 7 heteroatoms. The number of hydrogen-bond donors (Lipinski definition) is 0. The molecule has 0 radical (unpaired) electrons. The molecule has 1 aliphatic rings. The zero-order valence-corrected chi connectivity index (χ0v) is 13.7. The summed E-state index contributed by atoms with van der Waals surface area (Å²) in [6.45, 7) is 5.80. The van der Waals surface area contributed by atoms with Crippen LogP contribution in [0.2, 0.25) is 0 Å². The van der Waals surface area contributed by atoms with Gasteiger partial charge in [-0.2, -0.15) is 5.10 Å². The molecule has 0 unspecified atom stereocenters. The zero-order valence-electron chi connectivity index (χ0n) is 13.7. The summed E-state index contributed by atoms with van der Waals surface area (Å²) in [5, 5.41) is 4.65. The second-order valence-corrected chi connectivity index (χ2v) is 5.82. The Kier molecular flexibility index (Phi) is 3.48. The normalized spacial score (nSPS) is 14.0. The third-order valence-corrected chi connectivity index (χ3v) is 4.28. The lowest BCUT2D eigenvalue weighted by atomic mass is 10.0. The first-order valence-corrected chi connectivity index (χ1v) is 8.01. The first-order valence-electron chi connectivity index (χ1n) is 8.01. The summed E-state index contributed by atoms with van der Waals surface area (Å²) in [7, 11) is 0. The van der Waals surface area contributed by atoms with Crippen molar-refractivity contribution < 1.29 is 13.6 Å². The van der Waals surface area contributed by atoms with Gasteiger partial charge in [-0.25, -0.2) is 4.98 Å². The molecule has 7 nitrogen and oxygen atoms in total. The summed E-state index contributed by atoms with van der Waals surface area (Å²) in [4.78, 5) is 18.6. The zero-order chi connectivity index (χ0) is 16.7. The van der Waals surface area contributed by atoms with Crippen molar-refractivity contribution in [3.8, 4) is 11.6 Å². The Hall–Kier alpha value is -2.83. The smallest absolute Gasteiger partial charge is 0.289 e. The summed E-state index contributed by atoms with van der Waals surface area (Å²) in [6, 6.07) is 3.41. The number of carbonyl (C=O) groups excluding carboxylic acids is 1. The van der Waals surface area contributed by atoms with E-state index >= 15 is 0 Å². The van der Waals surface area contributed by atoms with E-state index in [0.29, 0.717) is 24.7 Å². The quantitative estimate of drug-likeness (QED) is 0.739. The number of carbonyl (C=O) groups is 1. The molecule has 24 heavy (non-hydrogen) atoms. The van der Waals surface area contributed by atoms with Gasteiger partial charge in [-0.05, 0) is 26.0 Å². The van der Waals surface area contributed by atoms with Crippen molar-refractivity contribution in [3.05, 3.63) is 47.4 Å². The van der Waals surface area contributed by atoms with Gasteiger partial charge in [0.25, 0.3) is 5.91 Å². The maximum Gasteiger partial charge on any atom is 0.289 e. The lowest BCUT2D eigenvalue weighted by Gasteiger charge is -2.27. The van der Waals surface area contributed by atoms with Gasteiger partial charge >= 0.3 is 0 Å². The molecular weight excluding hydrogens is 308 g/mol. The third-order valence-electron chi connectivity index (χ3n) is 4.28. The van der Waals surface area contributed by atoms with E-state index in [9.17, 15) is 4.79 Å². The van der Waals surface area contributed by atoms with E-state index in [2.05, 4.69) is 17.0 Å². The van der Waals surface area contributed by atoms with Crippen LogP contribution >= 0.6 is 0 Å². The number of amides is 1. The van der Waals surface area contributed by atoms with Crippen LogP contribution in [0.25, 0.3) is 11.6 Å². The predicted octanol–water partition coefficient (Wildman–Crippen LogP) is 2.66. The molecule has 0 bridgehead atoms. The molecule has 124 valence electrons. The fraction of sp³-hybridized carbons (Fsp3) is 0.353. The molecule has 0 aromatic carbocycles. The van der Waals surface area contributed by atoms with Crippen LogP contribution in [0.15, 0.2) is 33.4 Å². The Morgan fingerprint density at radius 3 is 2.96 bits per heavy atom. The van der Waals surface area contributed by atoms with Crippen molar-refractivity contribution in [2.75, 3.05) is 6.54 Å². The van der Waals surface area contributed by atoms with Crippen molar-refractivity contribution in [2.45, 2.75) is 33.4 Å². The Labute approximate surface area is 138 Å². The molecule has 0 aliphatic carbocycles. The molecule has 1 amide bonds. The molecule has 3 aromatic heterocycles. The second-order valence-electron chi connectivity index (χ2n) is 5.82. The van der Waals surface area contributed by atoms with Crippen LogP contribution in [0.1, 0.15) is 34.5 Å². The lowest BCUT2D eigenvalue weighted by Crippen LogP contribution is -2.36. The number of rotatable bonds is 3. The van der Waals surface area contributed by atoms with Crippen LogP contribution in [0.5, 0.6) is 0 Å². The summed E-state index contributed by atoms with van der Waals surface area (Å²) < 4.78 is 12.9. The number of fused-ring (bicyclic) bond motifs is 1. The monoisotopic (exact) mass is 326 g/mol. The molecule has 0 atom stereocenters. The number of nitrogens with zero attached hydrogens (tertiary/aromatic N) is 4. The molecule has 0 spiro atoms. The van der Waals surface area contributed by atoms with Crippen LogP contribution in [-0.2, 0) is 19.5 Å². The number of aromatic nitrogens is 3. The average molecular weight is 326 g/mol. The first kappa shape index (κ1) is 14.7. The van der Waals surface area contributed by atoms with E-state index in [1.807, 2.05) is 11.6 Å². The van der Waals surface area contributed by atoms with Gasteiger partial charge in [0.05, 0.1) is 19.0 Å². The van der Waals surface area contributed by atoms with Crippen LogP contribution < -0.4 is 0 Å². The molecular formula is C17H18N4O3. The fourth-order valence-corrected chi connectivity index (χ4v) is 3.12. The Morgan fingerprint density at radius 2 is 2.29 bits per heavy atom. The Bertz CT molecular complexity index is 876. The maximum absolute atomic E-state index is 12.6. The molecule has 4 rings (SSSR count). The molecule has 3 aromatic rings. The minimum Gasteiger partial charge on any atom is -0.459 e. The summed E-state index contributed by atoms with van der Waals surface area (Å²) in [5.41, 5.74) is 2.87. The van der Waals surface area contributed by atoms with Gasteiger partial charge in [0, 0.05) is 30.8 Å². The van der Waals surface area contributed by atoms with E-state index in [-0.39, 0.29) is 5.91 Å². The molecule has 0 saturated carbocycles. The van der Waals surface area contributed by atoms with E-state index in [1.165, 1.54) is 6.26 Å². The van der Waals surface area contributed by atoms with Gasteiger partial charge in [-0.1, -0.05) is 0 Å². The van der Waals surface area contributed by atoms with E-state index < -0.39 is 0 Å². The average Bonchev–Trinajstić information content (AvgIpc) is 3.32. The minimum absolute atomic E-state index is 0.107. The molecule has 0 saturated heterocycles. The Balaban J connectivity index is 1.71. The van der Waals surface area contributed by atoms with Crippen molar-refractivity contribution in [3.63, 3.8) is 0 Å². The highest BCUT2D eigenvalue weighted by Crippen LogP contribution is 2.30. The number of oxazole rings is 1. The van der Waals surface area contributed by atoms with Crippen molar-refractivity contribution in [2.24, 2.45) is 0 Å². The van der Waals surface area contributed by atoms with E-state index in [1.54, 1.807) is 23.2 Å². The molecule has 4 heterocycles. The van der Waals surface area contributed by atoms with Gasteiger partial charge in [0.2, 0.25) is 5.89 Å². The largest absolute Gasteiger partial charge is 0.459 e. The van der Waals surface area contributed by atoms with Crippen LogP contribution in [-0.4, -0.2) is 32.1 Å².